The van der Waals surface area contributed by atoms with Crippen molar-refractivity contribution in [3.8, 4) is 34.4 Å². The van der Waals surface area contributed by atoms with E-state index in [0.29, 0.717) is 11.6 Å². The second kappa shape index (κ2) is 6.63. The number of aromatic nitrogens is 7. The monoisotopic (exact) mass is 349 g/mol. The van der Waals surface area contributed by atoms with E-state index < -0.39 is 0 Å². The topological polar surface area (TPSA) is 92.8 Å². The highest BCUT2D eigenvalue weighted by atomic mass is 16.5. The Hall–Kier alpha value is -3.75. The fourth-order valence-corrected chi connectivity index (χ4v) is 2.66. The zero-order chi connectivity index (χ0) is 17.9. The first-order chi connectivity index (χ1) is 12.8. The van der Waals surface area contributed by atoms with Crippen molar-refractivity contribution in [3.05, 3.63) is 55.2 Å². The molecule has 0 amide bonds. The molecule has 0 fully saturated rings. The van der Waals surface area contributed by atoms with E-state index in [0.717, 1.165) is 22.8 Å². The minimum Gasteiger partial charge on any atom is -0.494 e. The summed E-state index contributed by atoms with van der Waals surface area (Å²) in [5.41, 5.74) is 2.52. The molecule has 0 spiro atoms. The van der Waals surface area contributed by atoms with E-state index in [1.165, 1.54) is 6.33 Å². The predicted molar refractivity (Wildman–Crippen MR) is 92.6 cm³/mol. The van der Waals surface area contributed by atoms with Crippen molar-refractivity contribution in [1.29, 1.82) is 0 Å². The largest absolute Gasteiger partial charge is 0.494 e. The SMILES string of the molecule is COc1cc(-c2nccn2-c2ccc(-n3cnnn3)cc2OC)ccn1. The fourth-order valence-electron chi connectivity index (χ4n) is 2.66. The normalized spacial score (nSPS) is 10.7. The van der Waals surface area contributed by atoms with E-state index in [1.54, 1.807) is 31.3 Å². The van der Waals surface area contributed by atoms with Gasteiger partial charge in [-0.2, -0.15) is 0 Å². The number of tetrazole rings is 1. The van der Waals surface area contributed by atoms with Gasteiger partial charge in [-0.25, -0.2) is 14.6 Å². The van der Waals surface area contributed by atoms with Crippen molar-refractivity contribution < 1.29 is 9.47 Å². The number of ether oxygens (including phenoxy) is 2. The van der Waals surface area contributed by atoms with Crippen molar-refractivity contribution in [2.45, 2.75) is 0 Å². The van der Waals surface area contributed by atoms with Crippen LogP contribution in [-0.2, 0) is 0 Å². The summed E-state index contributed by atoms with van der Waals surface area (Å²) in [5.74, 6) is 1.94. The third-order valence-electron chi connectivity index (χ3n) is 3.88. The Balaban J connectivity index is 1.80. The maximum Gasteiger partial charge on any atom is 0.213 e. The molecule has 0 bridgehead atoms. The molecule has 0 aliphatic heterocycles. The molecule has 0 radical (unpaired) electrons. The van der Waals surface area contributed by atoms with Crippen LogP contribution < -0.4 is 9.47 Å². The number of nitrogens with zero attached hydrogens (tertiary/aromatic N) is 7. The molecule has 0 N–H and O–H groups in total. The number of imidazole rings is 1. The van der Waals surface area contributed by atoms with Gasteiger partial charge < -0.3 is 9.47 Å². The highest BCUT2D eigenvalue weighted by Crippen LogP contribution is 2.30. The van der Waals surface area contributed by atoms with Crippen LogP contribution in [0.4, 0.5) is 0 Å². The van der Waals surface area contributed by atoms with Gasteiger partial charge in [0.15, 0.2) is 0 Å². The minimum atomic E-state index is 0.526. The van der Waals surface area contributed by atoms with E-state index in [2.05, 4.69) is 25.5 Å². The molecule has 9 nitrogen and oxygen atoms in total. The first-order valence-corrected chi connectivity index (χ1v) is 7.75. The van der Waals surface area contributed by atoms with Crippen LogP contribution in [0.2, 0.25) is 0 Å². The third-order valence-corrected chi connectivity index (χ3v) is 3.88. The van der Waals surface area contributed by atoms with Crippen molar-refractivity contribution in [2.75, 3.05) is 14.2 Å². The molecule has 0 aliphatic rings. The molecule has 4 rings (SSSR count). The molecular weight excluding hydrogens is 334 g/mol. The second-order valence-corrected chi connectivity index (χ2v) is 5.32. The lowest BCUT2D eigenvalue weighted by atomic mass is 10.2. The molecule has 3 aromatic heterocycles. The number of hydrogen-bond acceptors (Lipinski definition) is 7. The van der Waals surface area contributed by atoms with Crippen LogP contribution in [0.1, 0.15) is 0 Å². The molecular formula is C17H15N7O2. The molecule has 0 saturated carbocycles. The maximum absolute atomic E-state index is 5.58. The first-order valence-electron chi connectivity index (χ1n) is 7.75. The lowest BCUT2D eigenvalue weighted by molar-refractivity contribution is 0.398. The quantitative estimate of drug-likeness (QED) is 0.543. The van der Waals surface area contributed by atoms with E-state index in [-0.39, 0.29) is 0 Å². The van der Waals surface area contributed by atoms with Gasteiger partial charge in [0.05, 0.1) is 25.6 Å². The van der Waals surface area contributed by atoms with Crippen LogP contribution in [0.25, 0.3) is 22.8 Å². The fraction of sp³-hybridized carbons (Fsp3) is 0.118. The predicted octanol–water partition coefficient (Wildman–Crippen LogP) is 1.93. The summed E-state index contributed by atoms with van der Waals surface area (Å²) in [5, 5.41) is 11.2. The van der Waals surface area contributed by atoms with E-state index in [1.807, 2.05) is 41.1 Å². The standard InChI is InChI=1S/C17H15N7O2/c1-25-15-10-13(24-11-20-21-22-24)3-4-14(15)23-8-7-19-17(23)12-5-6-18-16(9-12)26-2/h3-11H,1-2H3. The molecule has 9 heteroatoms. The van der Waals surface area contributed by atoms with Crippen LogP contribution in [0.3, 0.4) is 0 Å². The van der Waals surface area contributed by atoms with Crippen molar-refractivity contribution >= 4 is 0 Å². The molecule has 0 saturated heterocycles. The molecule has 1 aromatic carbocycles. The van der Waals surface area contributed by atoms with Crippen LogP contribution in [-0.4, -0.2) is 49.0 Å². The first kappa shape index (κ1) is 15.8. The van der Waals surface area contributed by atoms with Gasteiger partial charge >= 0.3 is 0 Å². The van der Waals surface area contributed by atoms with Crippen LogP contribution in [0.5, 0.6) is 11.6 Å². The highest BCUT2D eigenvalue weighted by Gasteiger charge is 2.14. The Morgan fingerprint density at radius 1 is 0.962 bits per heavy atom. The summed E-state index contributed by atoms with van der Waals surface area (Å²) < 4.78 is 14.3. The lowest BCUT2D eigenvalue weighted by Gasteiger charge is -2.14. The number of pyridine rings is 1. The highest BCUT2D eigenvalue weighted by molar-refractivity contribution is 5.63. The summed E-state index contributed by atoms with van der Waals surface area (Å²) in [4.78, 5) is 8.61. The third kappa shape index (κ3) is 2.75. The average Bonchev–Trinajstić information content (AvgIpc) is 3.39. The van der Waals surface area contributed by atoms with Gasteiger partial charge in [0.2, 0.25) is 5.88 Å². The average molecular weight is 349 g/mol. The summed E-state index contributed by atoms with van der Waals surface area (Å²) in [7, 11) is 3.20. The van der Waals surface area contributed by atoms with Crippen molar-refractivity contribution in [1.82, 2.24) is 34.7 Å². The van der Waals surface area contributed by atoms with E-state index >= 15 is 0 Å². The van der Waals surface area contributed by atoms with E-state index in [4.69, 9.17) is 9.47 Å². The maximum atomic E-state index is 5.58. The Morgan fingerprint density at radius 2 is 1.88 bits per heavy atom. The number of benzene rings is 1. The van der Waals surface area contributed by atoms with Gasteiger partial charge in [-0.05, 0) is 28.6 Å². The van der Waals surface area contributed by atoms with Gasteiger partial charge in [-0.1, -0.05) is 0 Å². The second-order valence-electron chi connectivity index (χ2n) is 5.32. The summed E-state index contributed by atoms with van der Waals surface area (Å²) in [6, 6.07) is 9.41. The van der Waals surface area contributed by atoms with Crippen molar-refractivity contribution in [2.24, 2.45) is 0 Å². The molecule has 0 unspecified atom stereocenters. The number of rotatable bonds is 5. The van der Waals surface area contributed by atoms with E-state index in [9.17, 15) is 0 Å². The zero-order valence-corrected chi connectivity index (χ0v) is 14.1. The number of hydrogen-bond donors (Lipinski definition) is 0. The Kier molecular flexibility index (Phi) is 4.02. The smallest absolute Gasteiger partial charge is 0.213 e. The summed E-state index contributed by atoms with van der Waals surface area (Å²) in [6.07, 6.45) is 6.82. The van der Waals surface area contributed by atoms with Gasteiger partial charge in [0.25, 0.3) is 0 Å². The lowest BCUT2D eigenvalue weighted by Crippen LogP contribution is -2.02. The van der Waals surface area contributed by atoms with Crippen LogP contribution in [0, 0.1) is 0 Å². The summed E-state index contributed by atoms with van der Waals surface area (Å²) >= 11 is 0. The zero-order valence-electron chi connectivity index (χ0n) is 14.1. The van der Waals surface area contributed by atoms with Crippen LogP contribution >= 0.6 is 0 Å². The molecule has 4 aromatic rings. The van der Waals surface area contributed by atoms with Crippen LogP contribution in [0.15, 0.2) is 55.2 Å². The van der Waals surface area contributed by atoms with Gasteiger partial charge in [-0.15, -0.1) is 5.10 Å². The number of methoxy groups -OCH3 is 2. The molecule has 3 heterocycles. The van der Waals surface area contributed by atoms with Gasteiger partial charge in [-0.3, -0.25) is 4.57 Å². The molecule has 0 aliphatic carbocycles. The van der Waals surface area contributed by atoms with Gasteiger partial charge in [0, 0.05) is 36.3 Å². The van der Waals surface area contributed by atoms with Gasteiger partial charge in [0.1, 0.15) is 17.9 Å². The summed E-state index contributed by atoms with van der Waals surface area (Å²) in [6.45, 7) is 0. The Labute approximate surface area is 148 Å². The molecule has 130 valence electrons. The Morgan fingerprint density at radius 3 is 2.65 bits per heavy atom. The molecule has 0 atom stereocenters. The van der Waals surface area contributed by atoms with Crippen molar-refractivity contribution in [3.63, 3.8) is 0 Å². The minimum absolute atomic E-state index is 0.526. The Bertz CT molecular complexity index is 1030. The molecule has 26 heavy (non-hydrogen) atoms.